The second-order valence-electron chi connectivity index (χ2n) is 6.48. The van der Waals surface area contributed by atoms with Crippen molar-refractivity contribution in [1.82, 2.24) is 20.1 Å². The fourth-order valence-corrected chi connectivity index (χ4v) is 3.27. The summed E-state index contributed by atoms with van der Waals surface area (Å²) in [7, 11) is 0. The lowest BCUT2D eigenvalue weighted by molar-refractivity contribution is 0.0156. The van der Waals surface area contributed by atoms with Crippen LogP contribution in [-0.2, 0) is 0 Å². The molecule has 3 aromatic rings. The van der Waals surface area contributed by atoms with E-state index in [2.05, 4.69) is 15.2 Å². The van der Waals surface area contributed by atoms with Gasteiger partial charge in [0.1, 0.15) is 16.8 Å². The van der Waals surface area contributed by atoms with Gasteiger partial charge in [-0.25, -0.2) is 4.98 Å². The lowest BCUT2D eigenvalue weighted by Crippen LogP contribution is -2.56. The first kappa shape index (κ1) is 16.9. The Balaban J connectivity index is 1.23. The van der Waals surface area contributed by atoms with Crippen LogP contribution in [0.5, 0.6) is 17.4 Å². The highest BCUT2D eigenvalue weighted by molar-refractivity contribution is 6.31. The zero-order valence-corrected chi connectivity index (χ0v) is 15.3. The molecule has 9 heteroatoms. The number of halogens is 1. The number of hydrogen-bond donors (Lipinski definition) is 1. The third-order valence-corrected chi connectivity index (χ3v) is 4.90. The lowest BCUT2D eigenvalue weighted by Gasteiger charge is -2.38. The number of amides is 1. The monoisotopic (exact) mass is 398 g/mol. The Morgan fingerprint density at radius 1 is 1.21 bits per heavy atom. The number of nitrogens with one attached hydrogen (secondary N) is 1. The van der Waals surface area contributed by atoms with Crippen LogP contribution in [-0.4, -0.2) is 52.0 Å². The van der Waals surface area contributed by atoms with Crippen molar-refractivity contribution in [1.29, 1.82) is 0 Å². The molecule has 8 nitrogen and oxygen atoms in total. The predicted octanol–water partition coefficient (Wildman–Crippen LogP) is 2.76. The molecule has 2 aromatic heterocycles. The van der Waals surface area contributed by atoms with E-state index in [0.29, 0.717) is 46.9 Å². The molecule has 0 bridgehead atoms. The summed E-state index contributed by atoms with van der Waals surface area (Å²) in [5.41, 5.74) is 1.92. The molecule has 1 aromatic carbocycles. The van der Waals surface area contributed by atoms with Crippen LogP contribution in [0.15, 0.2) is 42.6 Å². The van der Waals surface area contributed by atoms with Crippen molar-refractivity contribution < 1.29 is 19.0 Å². The van der Waals surface area contributed by atoms with E-state index >= 15 is 0 Å². The van der Waals surface area contributed by atoms with Crippen molar-refractivity contribution in [2.24, 2.45) is 0 Å². The molecule has 5 rings (SSSR count). The summed E-state index contributed by atoms with van der Waals surface area (Å²) < 4.78 is 16.4. The summed E-state index contributed by atoms with van der Waals surface area (Å²) in [6, 6.07) is 10.7. The van der Waals surface area contributed by atoms with Crippen LogP contribution < -0.4 is 14.2 Å². The first-order chi connectivity index (χ1) is 13.7. The van der Waals surface area contributed by atoms with E-state index in [4.69, 9.17) is 25.8 Å². The van der Waals surface area contributed by atoms with Gasteiger partial charge in [-0.3, -0.25) is 9.89 Å². The Hall–Kier alpha value is -3.26. The van der Waals surface area contributed by atoms with E-state index in [-0.39, 0.29) is 18.8 Å². The number of aromatic nitrogens is 3. The van der Waals surface area contributed by atoms with Gasteiger partial charge in [0, 0.05) is 11.8 Å². The highest BCUT2D eigenvalue weighted by Gasteiger charge is 2.34. The van der Waals surface area contributed by atoms with Gasteiger partial charge >= 0.3 is 0 Å². The number of fused-ring (bicyclic) bond motifs is 1. The van der Waals surface area contributed by atoms with Gasteiger partial charge in [0.2, 0.25) is 12.7 Å². The van der Waals surface area contributed by atoms with Gasteiger partial charge in [-0.2, -0.15) is 5.10 Å². The van der Waals surface area contributed by atoms with Gasteiger partial charge in [-0.1, -0.05) is 11.6 Å². The Labute approximate surface area is 165 Å². The molecule has 2 aliphatic rings. The average Bonchev–Trinajstić information content (AvgIpc) is 3.34. The SMILES string of the molecule is O=C(c1cc(-c2ccc3c(c2)OCO3)n[nH]1)N1CC(Oc2ncccc2Cl)C1. The second kappa shape index (κ2) is 6.72. The second-order valence-corrected chi connectivity index (χ2v) is 6.88. The molecule has 1 N–H and O–H groups in total. The van der Waals surface area contributed by atoms with Gasteiger partial charge < -0.3 is 19.1 Å². The Kier molecular flexibility index (Phi) is 4.05. The number of carbonyl (C=O) groups is 1. The van der Waals surface area contributed by atoms with E-state index in [0.717, 1.165) is 5.56 Å². The number of benzene rings is 1. The quantitative estimate of drug-likeness (QED) is 0.726. The summed E-state index contributed by atoms with van der Waals surface area (Å²) in [6.45, 7) is 1.14. The molecular formula is C19H15ClN4O4. The molecule has 1 amide bonds. The van der Waals surface area contributed by atoms with Gasteiger partial charge in [0.15, 0.2) is 11.5 Å². The molecule has 1 fully saturated rings. The van der Waals surface area contributed by atoms with Crippen LogP contribution in [0.2, 0.25) is 5.02 Å². The topological polar surface area (TPSA) is 89.6 Å². The molecule has 0 spiro atoms. The molecule has 0 radical (unpaired) electrons. The first-order valence-electron chi connectivity index (χ1n) is 8.69. The number of carbonyl (C=O) groups excluding carboxylic acids is 1. The maximum atomic E-state index is 12.6. The van der Waals surface area contributed by atoms with Crippen LogP contribution in [0.3, 0.4) is 0 Å². The summed E-state index contributed by atoms with van der Waals surface area (Å²) in [4.78, 5) is 18.4. The number of H-pyrrole nitrogens is 1. The number of nitrogens with zero attached hydrogens (tertiary/aromatic N) is 3. The molecule has 0 saturated carbocycles. The third kappa shape index (κ3) is 3.01. The number of aromatic amines is 1. The number of hydrogen-bond acceptors (Lipinski definition) is 6. The summed E-state index contributed by atoms with van der Waals surface area (Å²) in [5.74, 6) is 1.62. The molecule has 2 aliphatic heterocycles. The van der Waals surface area contributed by atoms with Gasteiger partial charge in [0.25, 0.3) is 5.91 Å². The number of likely N-dealkylation sites (tertiary alicyclic amines) is 1. The van der Waals surface area contributed by atoms with Gasteiger partial charge in [-0.15, -0.1) is 0 Å². The number of rotatable bonds is 4. The smallest absolute Gasteiger partial charge is 0.272 e. The maximum absolute atomic E-state index is 12.6. The van der Waals surface area contributed by atoms with Crippen LogP contribution >= 0.6 is 11.6 Å². The number of pyridine rings is 1. The Morgan fingerprint density at radius 2 is 2.07 bits per heavy atom. The minimum atomic E-state index is -0.133. The van der Waals surface area contributed by atoms with Crippen molar-refractivity contribution in [3.05, 3.63) is 53.3 Å². The number of ether oxygens (including phenoxy) is 3. The zero-order chi connectivity index (χ0) is 19.1. The summed E-state index contributed by atoms with van der Waals surface area (Å²) in [6.07, 6.45) is 1.48. The van der Waals surface area contributed by atoms with E-state index in [1.165, 1.54) is 0 Å². The standard InChI is InChI=1S/C19H15ClN4O4/c20-13-2-1-5-21-18(13)28-12-8-24(9-12)19(25)15-7-14(22-23-15)11-3-4-16-17(6-11)27-10-26-16/h1-7,12H,8-10H2,(H,22,23). The van der Waals surface area contributed by atoms with Crippen molar-refractivity contribution in [2.75, 3.05) is 19.9 Å². The fraction of sp³-hybridized carbons (Fsp3) is 0.211. The van der Waals surface area contributed by atoms with Crippen LogP contribution in [0.25, 0.3) is 11.3 Å². The molecule has 0 atom stereocenters. The minimum Gasteiger partial charge on any atom is -0.470 e. The molecule has 0 unspecified atom stereocenters. The molecule has 142 valence electrons. The van der Waals surface area contributed by atoms with E-state index in [9.17, 15) is 4.79 Å². The van der Waals surface area contributed by atoms with Crippen molar-refractivity contribution >= 4 is 17.5 Å². The van der Waals surface area contributed by atoms with Gasteiger partial charge in [-0.05, 0) is 36.4 Å². The largest absolute Gasteiger partial charge is 0.470 e. The fourth-order valence-electron chi connectivity index (χ4n) is 3.10. The van der Waals surface area contributed by atoms with Crippen molar-refractivity contribution in [3.63, 3.8) is 0 Å². The van der Waals surface area contributed by atoms with E-state index in [1.54, 1.807) is 29.3 Å². The van der Waals surface area contributed by atoms with Gasteiger partial charge in [0.05, 0.1) is 18.8 Å². The van der Waals surface area contributed by atoms with E-state index < -0.39 is 0 Å². The highest BCUT2D eigenvalue weighted by Crippen LogP contribution is 2.35. The predicted molar refractivity (Wildman–Crippen MR) is 99.7 cm³/mol. The molecule has 4 heterocycles. The van der Waals surface area contributed by atoms with Crippen LogP contribution in [0, 0.1) is 0 Å². The zero-order valence-electron chi connectivity index (χ0n) is 14.6. The Bertz CT molecular complexity index is 1050. The molecule has 28 heavy (non-hydrogen) atoms. The normalized spacial score (nSPS) is 15.4. The third-order valence-electron chi connectivity index (χ3n) is 4.61. The average molecular weight is 399 g/mol. The molecule has 0 aliphatic carbocycles. The van der Waals surface area contributed by atoms with Crippen molar-refractivity contribution in [2.45, 2.75) is 6.10 Å². The van der Waals surface area contributed by atoms with E-state index in [1.807, 2.05) is 18.2 Å². The first-order valence-corrected chi connectivity index (χ1v) is 9.07. The summed E-state index contributed by atoms with van der Waals surface area (Å²) in [5, 5.41) is 7.50. The molecular weight excluding hydrogens is 384 g/mol. The van der Waals surface area contributed by atoms with Crippen LogP contribution in [0.1, 0.15) is 10.5 Å². The minimum absolute atomic E-state index is 0.132. The Morgan fingerprint density at radius 3 is 2.93 bits per heavy atom. The van der Waals surface area contributed by atoms with Crippen LogP contribution in [0.4, 0.5) is 0 Å². The highest BCUT2D eigenvalue weighted by atomic mass is 35.5. The lowest BCUT2D eigenvalue weighted by atomic mass is 10.1. The van der Waals surface area contributed by atoms with Crippen molar-refractivity contribution in [3.8, 4) is 28.6 Å². The molecule has 1 saturated heterocycles. The summed E-state index contributed by atoms with van der Waals surface area (Å²) >= 11 is 6.04. The maximum Gasteiger partial charge on any atom is 0.272 e.